The van der Waals surface area contributed by atoms with E-state index in [2.05, 4.69) is 5.32 Å². The fraction of sp³-hybridized carbons (Fsp3) is 0.333. The highest BCUT2D eigenvalue weighted by Crippen LogP contribution is 2.42. The zero-order valence-corrected chi connectivity index (χ0v) is 17.7. The molecular weight excluding hydrogens is 380 g/mol. The number of thioether (sulfide) groups is 1. The summed E-state index contributed by atoms with van der Waals surface area (Å²) in [5.74, 6) is -0.0950. The number of carbonyl (C=O) groups is 2. The molecule has 1 fully saturated rings. The van der Waals surface area contributed by atoms with Crippen molar-refractivity contribution in [3.05, 3.63) is 64.1 Å². The lowest BCUT2D eigenvalue weighted by atomic mass is 9.95. The van der Waals surface area contributed by atoms with Crippen molar-refractivity contribution in [2.24, 2.45) is 0 Å². The number of nitrogens with zero attached hydrogens (tertiary/aromatic N) is 1. The van der Waals surface area contributed by atoms with Crippen LogP contribution in [0.5, 0.6) is 0 Å². The number of hydrogen-bond acceptors (Lipinski definition) is 3. The van der Waals surface area contributed by atoms with E-state index in [0.29, 0.717) is 10.5 Å². The van der Waals surface area contributed by atoms with Crippen molar-refractivity contribution in [2.75, 3.05) is 11.9 Å². The molecule has 2 amide bonds. The summed E-state index contributed by atoms with van der Waals surface area (Å²) in [6.07, 6.45) is 7.67. The minimum atomic E-state index is -0.0493. The largest absolute Gasteiger partial charge is 0.349 e. The zero-order chi connectivity index (χ0) is 20.4. The highest BCUT2D eigenvalue weighted by atomic mass is 32.2. The second kappa shape index (κ2) is 8.46. The molecule has 0 radical (unpaired) electrons. The third-order valence-corrected chi connectivity index (χ3v) is 6.81. The van der Waals surface area contributed by atoms with Crippen molar-refractivity contribution >= 4 is 35.3 Å². The summed E-state index contributed by atoms with van der Waals surface area (Å²) in [5.41, 5.74) is 3.58. The maximum absolute atomic E-state index is 12.9. The standard InChI is InChI=1S/C24H26N2O2S/c1-16-8-6-7-9-17(16)15-22-24(28)26(2)20-14-18(12-13-21(20)29-22)23(27)25-19-10-4-3-5-11-19/h6-9,12-15,19H,3-5,10-11H2,1-2H3,(H,25,27)/b22-15-. The Bertz CT molecular complexity index is 977. The minimum Gasteiger partial charge on any atom is -0.349 e. The Hall–Kier alpha value is -2.53. The van der Waals surface area contributed by atoms with Crippen LogP contribution >= 0.6 is 11.8 Å². The Morgan fingerprint density at radius 2 is 1.90 bits per heavy atom. The number of nitrogens with one attached hydrogen (secondary N) is 1. The third-order valence-electron chi connectivity index (χ3n) is 5.73. The van der Waals surface area contributed by atoms with E-state index in [9.17, 15) is 9.59 Å². The SMILES string of the molecule is Cc1ccccc1/C=C1\Sc2ccc(C(=O)NC3CCCCC3)cc2N(C)C1=O. The van der Waals surface area contributed by atoms with Crippen molar-refractivity contribution in [1.29, 1.82) is 0 Å². The monoisotopic (exact) mass is 406 g/mol. The molecule has 1 aliphatic carbocycles. The number of likely N-dealkylation sites (N-methyl/N-ethyl adjacent to an activating group) is 1. The summed E-state index contributed by atoms with van der Waals surface area (Å²) in [4.78, 5) is 29.0. The molecule has 0 bridgehead atoms. The van der Waals surface area contributed by atoms with Crippen LogP contribution in [0.1, 0.15) is 53.6 Å². The van der Waals surface area contributed by atoms with E-state index in [1.807, 2.05) is 55.5 Å². The topological polar surface area (TPSA) is 49.4 Å². The average Bonchev–Trinajstić information content (AvgIpc) is 2.74. The van der Waals surface area contributed by atoms with Gasteiger partial charge in [0.1, 0.15) is 0 Å². The Labute approximate surface area is 176 Å². The van der Waals surface area contributed by atoms with Crippen molar-refractivity contribution < 1.29 is 9.59 Å². The molecule has 0 saturated heterocycles. The van der Waals surface area contributed by atoms with Crippen LogP contribution in [-0.2, 0) is 4.79 Å². The lowest BCUT2D eigenvalue weighted by molar-refractivity contribution is -0.114. The minimum absolute atomic E-state index is 0.0457. The molecule has 1 heterocycles. The molecule has 0 unspecified atom stereocenters. The van der Waals surface area contributed by atoms with E-state index in [4.69, 9.17) is 0 Å². The second-order valence-electron chi connectivity index (χ2n) is 7.82. The number of fused-ring (bicyclic) bond motifs is 1. The predicted octanol–water partition coefficient (Wildman–Crippen LogP) is 5.17. The molecule has 29 heavy (non-hydrogen) atoms. The van der Waals surface area contributed by atoms with E-state index in [1.165, 1.54) is 31.0 Å². The van der Waals surface area contributed by atoms with Crippen molar-refractivity contribution in [3.8, 4) is 0 Å². The van der Waals surface area contributed by atoms with E-state index in [1.54, 1.807) is 11.9 Å². The van der Waals surface area contributed by atoms with Gasteiger partial charge in [-0.25, -0.2) is 0 Å². The van der Waals surface area contributed by atoms with Gasteiger partial charge in [0, 0.05) is 23.5 Å². The number of rotatable bonds is 3. The molecule has 0 atom stereocenters. The molecule has 2 aromatic carbocycles. The highest BCUT2D eigenvalue weighted by Gasteiger charge is 2.28. The first-order valence-corrected chi connectivity index (χ1v) is 11.0. The summed E-state index contributed by atoms with van der Waals surface area (Å²) >= 11 is 1.47. The van der Waals surface area contributed by atoms with Crippen LogP contribution in [0.3, 0.4) is 0 Å². The summed E-state index contributed by atoms with van der Waals surface area (Å²) < 4.78 is 0. The van der Waals surface area contributed by atoms with Gasteiger partial charge in [0.25, 0.3) is 11.8 Å². The molecule has 0 spiro atoms. The first kappa shape index (κ1) is 19.8. The molecule has 2 aliphatic rings. The van der Waals surface area contributed by atoms with Gasteiger partial charge in [0.05, 0.1) is 10.6 Å². The van der Waals surface area contributed by atoms with E-state index >= 15 is 0 Å². The second-order valence-corrected chi connectivity index (χ2v) is 8.91. The van der Waals surface area contributed by atoms with Gasteiger partial charge >= 0.3 is 0 Å². The van der Waals surface area contributed by atoms with Crippen LogP contribution in [-0.4, -0.2) is 24.9 Å². The molecule has 2 aromatic rings. The number of carbonyl (C=O) groups excluding carboxylic acids is 2. The maximum atomic E-state index is 12.9. The number of aryl methyl sites for hydroxylation is 1. The average molecular weight is 407 g/mol. The number of anilines is 1. The van der Waals surface area contributed by atoms with Gasteiger partial charge in [-0.05, 0) is 55.2 Å². The first-order valence-electron chi connectivity index (χ1n) is 10.2. The van der Waals surface area contributed by atoms with Crippen LogP contribution in [0.25, 0.3) is 6.08 Å². The van der Waals surface area contributed by atoms with Crippen LogP contribution in [0.15, 0.2) is 52.3 Å². The van der Waals surface area contributed by atoms with Gasteiger partial charge in [-0.3, -0.25) is 9.59 Å². The molecular formula is C24H26N2O2S. The summed E-state index contributed by atoms with van der Waals surface area (Å²) in [5, 5.41) is 3.16. The number of benzene rings is 2. The molecule has 1 saturated carbocycles. The highest BCUT2D eigenvalue weighted by molar-refractivity contribution is 8.04. The molecule has 0 aromatic heterocycles. The summed E-state index contributed by atoms with van der Waals surface area (Å²) in [6.45, 7) is 2.04. The lowest BCUT2D eigenvalue weighted by Crippen LogP contribution is -2.36. The van der Waals surface area contributed by atoms with Crippen LogP contribution in [0.4, 0.5) is 5.69 Å². The summed E-state index contributed by atoms with van der Waals surface area (Å²) in [6, 6.07) is 13.9. The van der Waals surface area contributed by atoms with Gasteiger partial charge < -0.3 is 10.2 Å². The van der Waals surface area contributed by atoms with Crippen LogP contribution in [0, 0.1) is 6.92 Å². The Morgan fingerprint density at radius 1 is 1.14 bits per heavy atom. The Morgan fingerprint density at radius 3 is 2.66 bits per heavy atom. The zero-order valence-electron chi connectivity index (χ0n) is 16.9. The molecule has 1 aliphatic heterocycles. The quantitative estimate of drug-likeness (QED) is 0.716. The predicted molar refractivity (Wildman–Crippen MR) is 119 cm³/mol. The Kier molecular flexibility index (Phi) is 5.76. The molecule has 4 nitrogen and oxygen atoms in total. The molecule has 5 heteroatoms. The van der Waals surface area contributed by atoms with Gasteiger partial charge in [0.2, 0.25) is 0 Å². The first-order chi connectivity index (χ1) is 14.0. The van der Waals surface area contributed by atoms with E-state index in [-0.39, 0.29) is 17.9 Å². The van der Waals surface area contributed by atoms with Crippen molar-refractivity contribution in [3.63, 3.8) is 0 Å². The van der Waals surface area contributed by atoms with Gasteiger partial charge in [-0.15, -0.1) is 0 Å². The smallest absolute Gasteiger partial charge is 0.264 e. The summed E-state index contributed by atoms with van der Waals surface area (Å²) in [7, 11) is 1.77. The molecule has 1 N–H and O–H groups in total. The van der Waals surface area contributed by atoms with E-state index < -0.39 is 0 Å². The van der Waals surface area contributed by atoms with E-state index in [0.717, 1.165) is 34.6 Å². The lowest BCUT2D eigenvalue weighted by Gasteiger charge is -2.28. The third kappa shape index (κ3) is 4.25. The maximum Gasteiger partial charge on any atom is 0.264 e. The fourth-order valence-electron chi connectivity index (χ4n) is 3.94. The van der Waals surface area contributed by atoms with Crippen LogP contribution < -0.4 is 10.2 Å². The van der Waals surface area contributed by atoms with Crippen molar-refractivity contribution in [1.82, 2.24) is 5.32 Å². The van der Waals surface area contributed by atoms with Crippen molar-refractivity contribution in [2.45, 2.75) is 50.0 Å². The molecule has 4 rings (SSSR count). The van der Waals surface area contributed by atoms with Gasteiger partial charge in [0.15, 0.2) is 0 Å². The molecule has 150 valence electrons. The fourth-order valence-corrected chi connectivity index (χ4v) is 5.02. The van der Waals surface area contributed by atoms with Gasteiger partial charge in [-0.2, -0.15) is 0 Å². The Balaban J connectivity index is 1.57. The van der Waals surface area contributed by atoms with Gasteiger partial charge in [-0.1, -0.05) is 55.3 Å². The normalized spacial score (nSPS) is 18.6. The number of amides is 2. The number of hydrogen-bond donors (Lipinski definition) is 1. The van der Waals surface area contributed by atoms with Crippen LogP contribution in [0.2, 0.25) is 0 Å².